The summed E-state index contributed by atoms with van der Waals surface area (Å²) in [6, 6.07) is 24.9. The highest BCUT2D eigenvalue weighted by Crippen LogP contribution is 2.34. The van der Waals surface area contributed by atoms with E-state index in [0.717, 1.165) is 27.3 Å². The number of nitrogens with zero attached hydrogens (tertiary/aromatic N) is 2. The molecule has 0 bridgehead atoms. The van der Waals surface area contributed by atoms with Crippen LogP contribution in [0.3, 0.4) is 0 Å². The van der Waals surface area contributed by atoms with E-state index in [9.17, 15) is 10.0 Å². The van der Waals surface area contributed by atoms with Crippen LogP contribution < -0.4 is 10.5 Å². The minimum absolute atomic E-state index is 0.202. The van der Waals surface area contributed by atoms with Crippen LogP contribution in [0.1, 0.15) is 38.7 Å². The Bertz CT molecular complexity index is 1460. The molecule has 0 aliphatic carbocycles. The summed E-state index contributed by atoms with van der Waals surface area (Å²) in [5, 5.41) is 13.9. The van der Waals surface area contributed by atoms with E-state index in [4.69, 9.17) is 22.3 Å². The van der Waals surface area contributed by atoms with Crippen LogP contribution in [0, 0.1) is 12.1 Å². The average Bonchev–Trinajstić information content (AvgIpc) is 3.26. The van der Waals surface area contributed by atoms with Crippen molar-refractivity contribution in [1.82, 2.24) is 0 Å². The summed E-state index contributed by atoms with van der Waals surface area (Å²) >= 11 is 6.17. The largest absolute Gasteiger partial charge is 0.618 e. The molecule has 5 rings (SSSR count). The zero-order valence-corrected chi connectivity index (χ0v) is 20.0. The van der Waals surface area contributed by atoms with Gasteiger partial charge in [-0.2, -0.15) is 4.73 Å². The number of carbonyl (C=O) groups is 1. The van der Waals surface area contributed by atoms with Gasteiger partial charge in [0.2, 0.25) is 11.6 Å². The van der Waals surface area contributed by atoms with Gasteiger partial charge in [0.1, 0.15) is 0 Å². The standard InChI is InChI=1S/C29H24ClN3O2/c1-18-7-8-20-15-27(32-26(20)13-18)25(14-19-5-3-2-4-6-19)28-12-9-21(17-33(28)35)24-16-22(30)10-11-23(24)29(31)34/h2-13,16-17,25H,14-15H2,1H3,(H2,31,34)/t25-/m1/s1. The van der Waals surface area contributed by atoms with E-state index in [2.05, 4.69) is 37.3 Å². The van der Waals surface area contributed by atoms with Crippen molar-refractivity contribution in [1.29, 1.82) is 0 Å². The number of aliphatic imine (C=N–C) groups is 1. The molecule has 1 aliphatic rings. The highest BCUT2D eigenvalue weighted by Gasteiger charge is 2.30. The predicted molar refractivity (Wildman–Crippen MR) is 139 cm³/mol. The molecule has 5 nitrogen and oxygen atoms in total. The SMILES string of the molecule is Cc1ccc2c(c1)N=C([C@@H](Cc1ccccc1)c1ccc(-c3cc(Cl)ccc3C(N)=O)c[n+]1[O-])C2. The summed E-state index contributed by atoms with van der Waals surface area (Å²) in [5.74, 6) is -0.778. The van der Waals surface area contributed by atoms with Crippen molar-refractivity contribution in [2.75, 3.05) is 0 Å². The van der Waals surface area contributed by atoms with E-state index in [1.165, 1.54) is 11.8 Å². The molecule has 1 atom stereocenters. The highest BCUT2D eigenvalue weighted by atomic mass is 35.5. The summed E-state index contributed by atoms with van der Waals surface area (Å²) < 4.78 is 0.880. The van der Waals surface area contributed by atoms with Crippen LogP contribution >= 0.6 is 11.6 Å². The minimum atomic E-state index is -0.575. The Kier molecular flexibility index (Phi) is 6.10. The lowest BCUT2D eigenvalue weighted by Gasteiger charge is -2.18. The molecule has 1 amide bonds. The zero-order valence-electron chi connectivity index (χ0n) is 19.2. The fourth-order valence-electron chi connectivity index (χ4n) is 4.65. The van der Waals surface area contributed by atoms with E-state index in [0.29, 0.717) is 40.2 Å². The Labute approximate surface area is 209 Å². The maximum atomic E-state index is 13.4. The molecule has 1 aliphatic heterocycles. The van der Waals surface area contributed by atoms with Gasteiger partial charge in [-0.1, -0.05) is 54.1 Å². The first kappa shape index (κ1) is 22.8. The predicted octanol–water partition coefficient (Wildman–Crippen LogP) is 5.70. The summed E-state index contributed by atoms with van der Waals surface area (Å²) in [5.41, 5.74) is 13.0. The number of pyridine rings is 1. The van der Waals surface area contributed by atoms with Crippen LogP contribution in [0.2, 0.25) is 5.02 Å². The van der Waals surface area contributed by atoms with Crippen LogP contribution in [-0.2, 0) is 12.8 Å². The van der Waals surface area contributed by atoms with E-state index in [1.807, 2.05) is 30.3 Å². The van der Waals surface area contributed by atoms with Crippen molar-refractivity contribution in [2.24, 2.45) is 10.7 Å². The molecule has 1 aromatic heterocycles. The molecule has 0 saturated heterocycles. The molecule has 0 radical (unpaired) electrons. The van der Waals surface area contributed by atoms with Gasteiger partial charge in [0.25, 0.3) is 0 Å². The van der Waals surface area contributed by atoms with Gasteiger partial charge in [-0.25, -0.2) is 0 Å². The molecule has 0 saturated carbocycles. The Morgan fingerprint density at radius 1 is 1.09 bits per heavy atom. The number of halogens is 1. The van der Waals surface area contributed by atoms with Gasteiger partial charge in [-0.05, 0) is 60.4 Å². The summed E-state index contributed by atoms with van der Waals surface area (Å²) in [4.78, 5) is 16.9. The number of aromatic nitrogens is 1. The Morgan fingerprint density at radius 2 is 1.89 bits per heavy atom. The fourth-order valence-corrected chi connectivity index (χ4v) is 4.82. The molecule has 4 aromatic rings. The maximum absolute atomic E-state index is 13.4. The Morgan fingerprint density at radius 3 is 2.63 bits per heavy atom. The number of primary amides is 1. The van der Waals surface area contributed by atoms with Gasteiger partial charge in [-0.15, -0.1) is 0 Å². The monoisotopic (exact) mass is 481 g/mol. The fraction of sp³-hybridized carbons (Fsp3) is 0.138. The van der Waals surface area contributed by atoms with E-state index < -0.39 is 5.91 Å². The molecule has 2 N–H and O–H groups in total. The van der Waals surface area contributed by atoms with Gasteiger partial charge in [-0.3, -0.25) is 9.79 Å². The maximum Gasteiger partial charge on any atom is 0.249 e. The van der Waals surface area contributed by atoms with Crippen molar-refractivity contribution >= 4 is 28.9 Å². The average molecular weight is 482 g/mol. The van der Waals surface area contributed by atoms with Crippen molar-refractivity contribution in [2.45, 2.75) is 25.7 Å². The third-order valence-corrected chi connectivity index (χ3v) is 6.66. The summed E-state index contributed by atoms with van der Waals surface area (Å²) in [7, 11) is 0. The third kappa shape index (κ3) is 4.68. The van der Waals surface area contributed by atoms with Crippen molar-refractivity contribution in [3.05, 3.63) is 123 Å². The quantitative estimate of drug-likeness (QED) is 0.283. The van der Waals surface area contributed by atoms with Crippen LogP contribution in [-0.4, -0.2) is 11.6 Å². The zero-order chi connectivity index (χ0) is 24.5. The number of nitrogens with two attached hydrogens (primary N) is 1. The molecular weight excluding hydrogens is 458 g/mol. The van der Waals surface area contributed by atoms with Crippen LogP contribution in [0.25, 0.3) is 11.1 Å². The number of benzene rings is 3. The van der Waals surface area contributed by atoms with Crippen molar-refractivity contribution in [3.8, 4) is 11.1 Å². The first-order valence-electron chi connectivity index (χ1n) is 11.4. The molecule has 3 aromatic carbocycles. The molecule has 0 spiro atoms. The van der Waals surface area contributed by atoms with Crippen molar-refractivity contribution < 1.29 is 9.52 Å². The Hall–Kier alpha value is -3.96. The van der Waals surface area contributed by atoms with Gasteiger partial charge in [0.05, 0.1) is 11.6 Å². The van der Waals surface area contributed by atoms with E-state index in [1.54, 1.807) is 18.2 Å². The van der Waals surface area contributed by atoms with Gasteiger partial charge < -0.3 is 10.9 Å². The molecule has 0 fully saturated rings. The first-order valence-corrected chi connectivity index (χ1v) is 11.8. The van der Waals surface area contributed by atoms with Gasteiger partial charge >= 0.3 is 0 Å². The van der Waals surface area contributed by atoms with E-state index >= 15 is 0 Å². The number of hydrogen-bond donors (Lipinski definition) is 1. The lowest BCUT2D eigenvalue weighted by Crippen LogP contribution is -2.36. The van der Waals surface area contributed by atoms with Crippen LogP contribution in [0.4, 0.5) is 5.69 Å². The number of aryl methyl sites for hydroxylation is 1. The van der Waals surface area contributed by atoms with Crippen molar-refractivity contribution in [3.63, 3.8) is 0 Å². The molecule has 174 valence electrons. The first-order chi connectivity index (χ1) is 16.9. The van der Waals surface area contributed by atoms with E-state index in [-0.39, 0.29) is 5.92 Å². The minimum Gasteiger partial charge on any atom is -0.618 e. The molecular formula is C29H24ClN3O2. The number of carbonyl (C=O) groups excluding carboxylic acids is 1. The molecule has 2 heterocycles. The summed E-state index contributed by atoms with van der Waals surface area (Å²) in [6.07, 6.45) is 2.84. The van der Waals surface area contributed by atoms with Gasteiger partial charge in [0.15, 0.2) is 6.20 Å². The second-order valence-electron chi connectivity index (χ2n) is 8.88. The highest BCUT2D eigenvalue weighted by molar-refractivity contribution is 6.31. The smallest absolute Gasteiger partial charge is 0.249 e. The third-order valence-electron chi connectivity index (χ3n) is 6.42. The second-order valence-corrected chi connectivity index (χ2v) is 9.31. The lowest BCUT2D eigenvalue weighted by atomic mass is 9.88. The molecule has 0 unspecified atom stereocenters. The number of amides is 1. The Balaban J connectivity index is 1.57. The number of hydrogen-bond acceptors (Lipinski definition) is 3. The van der Waals surface area contributed by atoms with Crippen LogP contribution in [0.15, 0.2) is 90.1 Å². The number of fused-ring (bicyclic) bond motifs is 1. The lowest BCUT2D eigenvalue weighted by molar-refractivity contribution is -0.614. The van der Waals surface area contributed by atoms with Crippen LogP contribution in [0.5, 0.6) is 0 Å². The topological polar surface area (TPSA) is 82.4 Å². The molecule has 35 heavy (non-hydrogen) atoms. The van der Waals surface area contributed by atoms with Gasteiger partial charge in [0, 0.05) is 39.9 Å². The summed E-state index contributed by atoms with van der Waals surface area (Å²) in [6.45, 7) is 2.05. The number of rotatable bonds is 6. The molecule has 6 heteroatoms. The second kappa shape index (κ2) is 9.35. The normalized spacial score (nSPS) is 13.3.